The number of carbonyl (C=O) groups is 1. The quantitative estimate of drug-likeness (QED) is 0.853. The van der Waals surface area contributed by atoms with Gasteiger partial charge in [-0.1, -0.05) is 18.5 Å². The molecule has 19 heavy (non-hydrogen) atoms. The highest BCUT2D eigenvalue weighted by molar-refractivity contribution is 5.92. The average Bonchev–Trinajstić information content (AvgIpc) is 2.88. The van der Waals surface area contributed by atoms with E-state index in [1.54, 1.807) is 6.07 Å². The lowest BCUT2D eigenvalue weighted by molar-refractivity contribution is 0.0916. The number of nitrogens with one attached hydrogen (secondary N) is 1. The van der Waals surface area contributed by atoms with Gasteiger partial charge in [0.2, 0.25) is 0 Å². The number of carbonyl (C=O) groups excluding carboxylic acids is 1. The first-order valence-corrected chi connectivity index (χ1v) is 7.21. The number of nitrogens with two attached hydrogens (primary N) is 1. The molecule has 1 aliphatic carbocycles. The van der Waals surface area contributed by atoms with Crippen LogP contribution in [0.1, 0.15) is 61.7 Å². The first kappa shape index (κ1) is 14.1. The number of unbranched alkanes of at least 4 members (excludes halogenated alkanes) is 1. The van der Waals surface area contributed by atoms with Crippen molar-refractivity contribution in [3.05, 3.63) is 17.5 Å². The normalized spacial score (nSPS) is 23.3. The predicted molar refractivity (Wildman–Crippen MR) is 72.8 cm³/mol. The van der Waals surface area contributed by atoms with E-state index >= 15 is 0 Å². The molecular weight excluding hydrogens is 242 g/mol. The van der Waals surface area contributed by atoms with Crippen molar-refractivity contribution in [2.45, 2.75) is 64.0 Å². The van der Waals surface area contributed by atoms with Crippen LogP contribution in [-0.2, 0) is 6.42 Å². The van der Waals surface area contributed by atoms with Gasteiger partial charge in [-0.25, -0.2) is 0 Å². The van der Waals surface area contributed by atoms with E-state index < -0.39 is 0 Å². The lowest BCUT2D eigenvalue weighted by Gasteiger charge is -2.26. The molecule has 3 N–H and O–H groups in total. The molecular formula is C14H23N3O2. The van der Waals surface area contributed by atoms with Crippen LogP contribution in [0.25, 0.3) is 0 Å². The van der Waals surface area contributed by atoms with Crippen LogP contribution in [-0.4, -0.2) is 23.1 Å². The zero-order chi connectivity index (χ0) is 13.7. The summed E-state index contributed by atoms with van der Waals surface area (Å²) in [5, 5.41) is 6.85. The summed E-state index contributed by atoms with van der Waals surface area (Å²) in [4.78, 5) is 12.0. The minimum Gasteiger partial charge on any atom is -0.361 e. The van der Waals surface area contributed by atoms with Gasteiger partial charge < -0.3 is 15.6 Å². The molecule has 1 saturated carbocycles. The molecule has 0 spiro atoms. The largest absolute Gasteiger partial charge is 0.361 e. The second-order valence-electron chi connectivity index (χ2n) is 5.37. The monoisotopic (exact) mass is 265 g/mol. The minimum absolute atomic E-state index is 0.132. The third-order valence-electron chi connectivity index (χ3n) is 3.68. The third kappa shape index (κ3) is 4.06. The fourth-order valence-electron chi connectivity index (χ4n) is 2.41. The van der Waals surface area contributed by atoms with Gasteiger partial charge in [0, 0.05) is 24.6 Å². The van der Waals surface area contributed by atoms with Crippen LogP contribution in [0.3, 0.4) is 0 Å². The van der Waals surface area contributed by atoms with Gasteiger partial charge in [0.1, 0.15) is 5.76 Å². The Morgan fingerprint density at radius 3 is 2.89 bits per heavy atom. The molecule has 0 unspecified atom stereocenters. The van der Waals surface area contributed by atoms with Crippen molar-refractivity contribution in [3.63, 3.8) is 0 Å². The van der Waals surface area contributed by atoms with E-state index in [0.717, 1.165) is 50.7 Å². The Hall–Kier alpha value is -1.36. The second kappa shape index (κ2) is 6.70. The van der Waals surface area contributed by atoms with E-state index in [4.69, 9.17) is 10.3 Å². The molecule has 1 fully saturated rings. The van der Waals surface area contributed by atoms with Crippen molar-refractivity contribution in [2.24, 2.45) is 5.73 Å². The minimum atomic E-state index is -0.132. The highest BCUT2D eigenvalue weighted by Gasteiger charge is 2.21. The van der Waals surface area contributed by atoms with Gasteiger partial charge in [-0.05, 0) is 32.1 Å². The maximum absolute atomic E-state index is 12.0. The van der Waals surface area contributed by atoms with Gasteiger partial charge >= 0.3 is 0 Å². The summed E-state index contributed by atoms with van der Waals surface area (Å²) in [5.74, 6) is 0.657. The van der Waals surface area contributed by atoms with Crippen LogP contribution < -0.4 is 11.1 Å². The van der Waals surface area contributed by atoms with Crippen LogP contribution in [0.5, 0.6) is 0 Å². The summed E-state index contributed by atoms with van der Waals surface area (Å²) >= 11 is 0. The van der Waals surface area contributed by atoms with Gasteiger partial charge in [0.25, 0.3) is 5.91 Å². The first-order chi connectivity index (χ1) is 9.19. The van der Waals surface area contributed by atoms with E-state index in [-0.39, 0.29) is 11.9 Å². The van der Waals surface area contributed by atoms with E-state index in [0.29, 0.717) is 11.7 Å². The lowest BCUT2D eigenvalue weighted by Crippen LogP contribution is -2.40. The molecule has 0 saturated heterocycles. The molecule has 0 aliphatic heterocycles. The maximum Gasteiger partial charge on any atom is 0.273 e. The summed E-state index contributed by atoms with van der Waals surface area (Å²) < 4.78 is 5.16. The molecule has 0 bridgehead atoms. The number of hydrogen-bond donors (Lipinski definition) is 2. The molecule has 1 amide bonds. The Morgan fingerprint density at radius 2 is 2.21 bits per heavy atom. The van der Waals surface area contributed by atoms with Gasteiger partial charge in [0.05, 0.1) is 0 Å². The van der Waals surface area contributed by atoms with Crippen molar-refractivity contribution in [3.8, 4) is 0 Å². The van der Waals surface area contributed by atoms with Crippen LogP contribution >= 0.6 is 0 Å². The highest BCUT2D eigenvalue weighted by Crippen LogP contribution is 2.17. The molecule has 1 aromatic rings. The predicted octanol–water partition coefficient (Wildman–Crippen LogP) is 2.02. The van der Waals surface area contributed by atoms with Crippen LogP contribution in [0.2, 0.25) is 0 Å². The number of amides is 1. The number of aromatic nitrogens is 1. The number of nitrogens with zero attached hydrogens (tertiary/aromatic N) is 1. The van der Waals surface area contributed by atoms with Gasteiger partial charge in [-0.15, -0.1) is 0 Å². The fourth-order valence-corrected chi connectivity index (χ4v) is 2.41. The number of rotatable bonds is 5. The SMILES string of the molecule is CCCCc1cc(C(=O)N[C@H]2CC[C@H](N)CC2)no1. The van der Waals surface area contributed by atoms with E-state index in [1.165, 1.54) is 0 Å². The summed E-state index contributed by atoms with van der Waals surface area (Å²) in [5.41, 5.74) is 6.24. The Balaban J connectivity index is 1.84. The smallest absolute Gasteiger partial charge is 0.273 e. The van der Waals surface area contributed by atoms with Gasteiger partial charge in [-0.2, -0.15) is 0 Å². The van der Waals surface area contributed by atoms with Crippen molar-refractivity contribution < 1.29 is 9.32 Å². The van der Waals surface area contributed by atoms with Crippen molar-refractivity contribution in [1.29, 1.82) is 0 Å². The zero-order valence-electron chi connectivity index (χ0n) is 11.5. The highest BCUT2D eigenvalue weighted by atomic mass is 16.5. The molecule has 1 heterocycles. The van der Waals surface area contributed by atoms with Crippen molar-refractivity contribution in [1.82, 2.24) is 10.5 Å². The Labute approximate surface area is 113 Å². The second-order valence-corrected chi connectivity index (χ2v) is 5.37. The molecule has 106 valence electrons. The Bertz CT molecular complexity index is 409. The zero-order valence-corrected chi connectivity index (χ0v) is 11.5. The molecule has 2 rings (SSSR count). The molecule has 1 aliphatic rings. The molecule has 0 radical (unpaired) electrons. The van der Waals surface area contributed by atoms with E-state index in [1.807, 2.05) is 0 Å². The number of aryl methyl sites for hydroxylation is 1. The first-order valence-electron chi connectivity index (χ1n) is 7.21. The molecule has 0 aromatic carbocycles. The molecule has 0 atom stereocenters. The maximum atomic E-state index is 12.0. The van der Waals surface area contributed by atoms with E-state index in [2.05, 4.69) is 17.4 Å². The fraction of sp³-hybridized carbons (Fsp3) is 0.714. The summed E-state index contributed by atoms with van der Waals surface area (Å²) in [7, 11) is 0. The summed E-state index contributed by atoms with van der Waals surface area (Å²) in [6.45, 7) is 2.12. The Kier molecular flexibility index (Phi) is 4.96. The topological polar surface area (TPSA) is 81.2 Å². The van der Waals surface area contributed by atoms with Gasteiger partial charge in [0.15, 0.2) is 5.69 Å². The standard InChI is InChI=1S/C14H23N3O2/c1-2-3-4-12-9-13(17-19-12)14(18)16-11-7-5-10(15)6-8-11/h9-11H,2-8,15H2,1H3,(H,16,18)/t10-,11-. The third-order valence-corrected chi connectivity index (χ3v) is 3.68. The Morgan fingerprint density at radius 1 is 1.47 bits per heavy atom. The molecule has 5 heteroatoms. The van der Waals surface area contributed by atoms with Crippen LogP contribution in [0.15, 0.2) is 10.6 Å². The van der Waals surface area contributed by atoms with Crippen molar-refractivity contribution >= 4 is 5.91 Å². The van der Waals surface area contributed by atoms with Gasteiger partial charge in [-0.3, -0.25) is 4.79 Å². The average molecular weight is 265 g/mol. The van der Waals surface area contributed by atoms with Crippen LogP contribution in [0, 0.1) is 0 Å². The summed E-state index contributed by atoms with van der Waals surface area (Å²) in [6.07, 6.45) is 6.86. The summed E-state index contributed by atoms with van der Waals surface area (Å²) in [6, 6.07) is 2.27. The lowest BCUT2D eigenvalue weighted by atomic mass is 9.92. The molecule has 1 aromatic heterocycles. The van der Waals surface area contributed by atoms with E-state index in [9.17, 15) is 4.79 Å². The molecule has 5 nitrogen and oxygen atoms in total. The van der Waals surface area contributed by atoms with Crippen molar-refractivity contribution in [2.75, 3.05) is 0 Å². The van der Waals surface area contributed by atoms with Crippen LogP contribution in [0.4, 0.5) is 0 Å². The number of hydrogen-bond acceptors (Lipinski definition) is 4.